The normalized spacial score (nSPS) is 13.3. The first-order valence-corrected chi connectivity index (χ1v) is 42.6. The number of amidine groups is 4. The predicted molar refractivity (Wildman–Crippen MR) is 501 cm³/mol. The number of benzene rings is 8. The monoisotopic (exact) mass is 1800 g/mol. The lowest BCUT2D eigenvalue weighted by Crippen LogP contribution is -2.40. The highest BCUT2D eigenvalue weighted by molar-refractivity contribution is 6.32. The number of likely N-dealkylation sites (N-methyl/N-ethyl adjacent to an activating group) is 1. The molecule has 0 atom stereocenters. The average molecular weight is 1810 g/mol. The van der Waals surface area contributed by atoms with Crippen molar-refractivity contribution >= 4 is 157 Å². The molecule has 128 heavy (non-hydrogen) atoms. The Hall–Kier alpha value is -14.3. The number of aromatic nitrogens is 8. The van der Waals surface area contributed by atoms with Crippen LogP contribution < -0.4 is 42.5 Å². The molecule has 0 unspecified atom stereocenters. The topological polar surface area (TPSA) is 393 Å². The highest BCUT2D eigenvalue weighted by Crippen LogP contribution is 2.28. The predicted octanol–water partition coefficient (Wildman–Crippen LogP) is 15.3. The van der Waals surface area contributed by atoms with Gasteiger partial charge in [0, 0.05) is 169 Å². The molecule has 3 fully saturated rings. The lowest BCUT2D eigenvalue weighted by molar-refractivity contribution is 0.0680. The number of ether oxygens (including phenoxy) is 1. The van der Waals surface area contributed by atoms with E-state index < -0.39 is 11.8 Å². The van der Waals surface area contributed by atoms with Crippen LogP contribution in [0.3, 0.4) is 0 Å². The molecule has 8 aromatic carbocycles. The fourth-order valence-electron chi connectivity index (χ4n) is 14.1. The molecule has 0 radical (unpaired) electrons. The van der Waals surface area contributed by atoms with Crippen molar-refractivity contribution in [2.45, 2.75) is 38.6 Å². The molecule has 11 N–H and O–H groups in total. The Labute approximate surface area is 758 Å². The molecule has 8 heterocycles. The van der Waals surface area contributed by atoms with Gasteiger partial charge in [0.05, 0.1) is 44.5 Å². The smallest absolute Gasteiger partial charge is 0.261 e. The van der Waals surface area contributed by atoms with E-state index in [0.29, 0.717) is 127 Å². The van der Waals surface area contributed by atoms with Gasteiger partial charge in [-0.05, 0) is 171 Å². The Morgan fingerprint density at radius 1 is 0.328 bits per heavy atom. The van der Waals surface area contributed by atoms with Gasteiger partial charge in [-0.3, -0.25) is 73.5 Å². The van der Waals surface area contributed by atoms with Gasteiger partial charge in [0.25, 0.3) is 41.4 Å². The summed E-state index contributed by atoms with van der Waals surface area (Å²) >= 11 is 23.6. The molecule has 0 spiro atoms. The van der Waals surface area contributed by atoms with Crippen LogP contribution in [-0.4, -0.2) is 196 Å². The van der Waals surface area contributed by atoms with Crippen molar-refractivity contribution in [1.29, 1.82) is 16.2 Å². The van der Waals surface area contributed by atoms with Crippen molar-refractivity contribution in [2.24, 2.45) is 33.2 Å². The number of carbonyl (C=O) groups excluding carboxylic acids is 7. The second-order valence-corrected chi connectivity index (χ2v) is 31.9. The largest absolute Gasteiger partial charge is 0.378 e. The second kappa shape index (κ2) is 43.1. The number of nitrogens with one attached hydrogen (secondary N) is 11. The van der Waals surface area contributed by atoms with Crippen molar-refractivity contribution in [1.82, 2.24) is 58.7 Å². The summed E-state index contributed by atoms with van der Waals surface area (Å²) in [4.78, 5) is 102. The summed E-state index contributed by atoms with van der Waals surface area (Å²) in [5.74, 6) is 1.37. The summed E-state index contributed by atoms with van der Waals surface area (Å²) < 4.78 is 11.3. The Kier molecular flexibility index (Phi) is 30.7. The van der Waals surface area contributed by atoms with Gasteiger partial charge in [-0.15, -0.1) is 0 Å². The van der Waals surface area contributed by atoms with Crippen LogP contribution >= 0.6 is 46.4 Å². The highest BCUT2D eigenvalue weighted by atomic mass is 35.5. The van der Waals surface area contributed by atoms with E-state index in [0.717, 1.165) is 98.6 Å². The minimum atomic E-state index is -0.407. The number of morpholine rings is 1. The van der Waals surface area contributed by atoms with Gasteiger partial charge in [-0.25, -0.2) is 0 Å². The van der Waals surface area contributed by atoms with Crippen molar-refractivity contribution in [3.05, 3.63) is 306 Å². The molecule has 0 aliphatic carbocycles. The maximum absolute atomic E-state index is 12.9. The van der Waals surface area contributed by atoms with E-state index in [1.54, 1.807) is 197 Å². The van der Waals surface area contributed by atoms with Gasteiger partial charge in [0.15, 0.2) is 0 Å². The van der Waals surface area contributed by atoms with Crippen LogP contribution in [0.25, 0.3) is 0 Å². The van der Waals surface area contributed by atoms with Crippen molar-refractivity contribution in [3.8, 4) is 0 Å². The maximum Gasteiger partial charge on any atom is 0.261 e. The van der Waals surface area contributed by atoms with E-state index >= 15 is 0 Å². The van der Waals surface area contributed by atoms with E-state index in [1.165, 1.54) is 39.1 Å². The molecule has 12 aromatic rings. The lowest BCUT2D eigenvalue weighted by Gasteiger charge is -2.29. The van der Waals surface area contributed by atoms with Crippen LogP contribution in [0.2, 0.25) is 20.1 Å². The molecule has 7 amide bonds. The van der Waals surface area contributed by atoms with Crippen LogP contribution in [0.4, 0.5) is 46.0 Å². The fourth-order valence-corrected chi connectivity index (χ4v) is 14.6. The van der Waals surface area contributed by atoms with Gasteiger partial charge in [0.2, 0.25) is 0 Å². The molecule has 0 bridgehead atoms. The standard InChI is InChI=1S/C24H25ClN6O2.C23H23ClN6O3.C23H25ClN6O.C22H21ClN6O2/c1-30-22(20(15-27-30)24(33)28-19-11-9-18(25)10-12-19)29-23(32)17-7-5-16(6-8-17)21(26)31-13-3-2-4-14-31;1-29-21(19(14-26-29)23(32)27-18-8-6-17(24)7-9-18)28-22(31)16-4-2-15(3-5-16)20(25)30-10-12-33-13-11-30;1-29-22(20(15-27-29)23(31)28-19-10-8-18(24)9-11-19)26-14-16-4-6-17(7-5-16)21(25)30-12-2-3-13-30;1-28-12-11-24-19(28)14-3-5-15(6-4-14)21(30)27-20-18(13-25-29(20)2)22(31)26-17-9-7-16(23)8-10-17/h5-12,15,26H,2-4,13-14H2,1H3,(H,28,33)(H,29,32);2-9,14,25H,10-13H2,1H3,(H,27,32)(H,28,31);4-11,15,25-26H,2-3,12-14H2,1H3,(H,28,31);3-10,13H,11-12H2,1-2H3,(H,26,31)(H,27,30). The Bertz CT molecular complexity index is 5840. The Balaban J connectivity index is 0.000000146. The summed E-state index contributed by atoms with van der Waals surface area (Å²) in [6.45, 7) is 8.44. The number of hydrogen-bond acceptors (Lipinski definition) is 18. The molecule has 3 saturated heterocycles. The fraction of sp³-hybridized carbons (Fsp3) is 0.228. The third kappa shape index (κ3) is 23.8. The third-order valence-corrected chi connectivity index (χ3v) is 22.3. The Morgan fingerprint density at radius 2 is 0.609 bits per heavy atom. The number of rotatable bonds is 21. The SMILES string of the molecule is CN1CCN=C1c1ccc(C(=O)Nc2c(C(=O)Nc3ccc(Cl)cc3)cnn2C)cc1.Cn1ncc(C(=O)Nc2ccc(Cl)cc2)c1NC(=O)c1ccc(C(=N)N2CCCCC2)cc1.Cn1ncc(C(=O)Nc2ccc(Cl)cc2)c1NC(=O)c1ccc(C(=N)N2CCOCC2)cc1.Cn1ncc(C(=O)Nc2ccc(Cl)cc2)c1NCc1ccc(C(=N)N2CCCC2)cc1. The molecule has 0 saturated carbocycles. The van der Waals surface area contributed by atoms with E-state index in [-0.39, 0.29) is 57.9 Å². The quantitative estimate of drug-likeness (QED) is 0.0235. The van der Waals surface area contributed by atoms with Crippen LogP contribution in [0.5, 0.6) is 0 Å². The zero-order chi connectivity index (χ0) is 90.5. The summed E-state index contributed by atoms with van der Waals surface area (Å²) in [5, 5.41) is 66.9. The molecule has 36 heteroatoms. The molecule has 4 aliphatic rings. The molecular weight excluding hydrogens is 1710 g/mol. The first-order valence-electron chi connectivity index (χ1n) is 41.1. The molecule has 16 rings (SSSR count). The number of nitrogens with zero attached hydrogens (tertiary/aromatic N) is 13. The van der Waals surface area contributed by atoms with Gasteiger partial charge < -0.3 is 66.9 Å². The summed E-state index contributed by atoms with van der Waals surface area (Å²) in [6, 6.07) is 56.1. The van der Waals surface area contributed by atoms with E-state index in [1.807, 2.05) is 48.3 Å². The van der Waals surface area contributed by atoms with Gasteiger partial charge in [-0.1, -0.05) is 107 Å². The van der Waals surface area contributed by atoms with E-state index in [9.17, 15) is 33.6 Å². The minimum absolute atomic E-state index is 0.228. The summed E-state index contributed by atoms with van der Waals surface area (Å²) in [6.07, 6.45) is 11.5. The first-order chi connectivity index (χ1) is 61.8. The molecule has 32 nitrogen and oxygen atoms in total. The number of aryl methyl sites for hydroxylation is 4. The Morgan fingerprint density at radius 3 is 0.930 bits per heavy atom. The van der Waals surface area contributed by atoms with Gasteiger partial charge in [-0.2, -0.15) is 20.4 Å². The van der Waals surface area contributed by atoms with Crippen LogP contribution in [-0.2, 0) is 39.5 Å². The molecule has 4 aliphatic heterocycles. The summed E-state index contributed by atoms with van der Waals surface area (Å²) in [5.41, 5.74) is 9.33. The van der Waals surface area contributed by atoms with Crippen molar-refractivity contribution < 1.29 is 38.3 Å². The number of piperidine rings is 1. The maximum atomic E-state index is 12.9. The number of likely N-dealkylation sites (tertiary alicyclic amines) is 2. The van der Waals surface area contributed by atoms with Crippen LogP contribution in [0.1, 0.15) is 132 Å². The lowest BCUT2D eigenvalue weighted by atomic mass is 10.1. The number of amides is 7. The van der Waals surface area contributed by atoms with Crippen molar-refractivity contribution in [2.75, 3.05) is 115 Å². The van der Waals surface area contributed by atoms with Gasteiger partial charge in [0.1, 0.15) is 68.9 Å². The van der Waals surface area contributed by atoms with E-state index in [2.05, 4.69) is 82.6 Å². The van der Waals surface area contributed by atoms with Crippen LogP contribution in [0.15, 0.2) is 224 Å². The first kappa shape index (κ1) is 91.4. The number of anilines is 8. The highest BCUT2D eigenvalue weighted by Gasteiger charge is 2.27. The average Bonchev–Trinajstić information content (AvgIpc) is 1.71. The minimum Gasteiger partial charge on any atom is -0.378 e. The molecular formula is C92H94Cl4N24O8. The zero-order valence-corrected chi connectivity index (χ0v) is 73.7. The summed E-state index contributed by atoms with van der Waals surface area (Å²) in [7, 11) is 8.73. The van der Waals surface area contributed by atoms with E-state index in [4.69, 9.17) is 67.4 Å². The third-order valence-electron chi connectivity index (χ3n) is 21.3. The molecule has 4 aromatic heterocycles. The number of carbonyl (C=O) groups is 7. The van der Waals surface area contributed by atoms with Crippen molar-refractivity contribution in [3.63, 3.8) is 0 Å². The second-order valence-electron chi connectivity index (χ2n) is 30.1. The van der Waals surface area contributed by atoms with Gasteiger partial charge >= 0.3 is 0 Å². The molecule has 658 valence electrons. The number of halogens is 4. The zero-order valence-electron chi connectivity index (χ0n) is 70.7. The number of hydrogen-bond donors (Lipinski definition) is 11. The van der Waals surface area contributed by atoms with Crippen LogP contribution in [0, 0.1) is 16.2 Å². The number of aliphatic imine (C=N–C) groups is 1.